The summed E-state index contributed by atoms with van der Waals surface area (Å²) in [6.07, 6.45) is 1.17. The molecule has 2 heterocycles. The number of para-hydroxylation sites is 1. The largest absolute Gasteiger partial charge is 0.489 e. The molecule has 1 aromatic carbocycles. The van der Waals surface area contributed by atoms with E-state index in [9.17, 15) is 4.79 Å². The predicted molar refractivity (Wildman–Crippen MR) is 83.0 cm³/mol. The Hall–Kier alpha value is -1.75. The Labute approximate surface area is 125 Å². The number of anilines is 1. The van der Waals surface area contributed by atoms with Gasteiger partial charge < -0.3 is 19.9 Å². The highest BCUT2D eigenvalue weighted by atomic mass is 16.5. The number of nitrogens with zero attached hydrogens (tertiary/aromatic N) is 2. The number of carbonyl (C=O) groups is 1. The molecule has 0 spiro atoms. The van der Waals surface area contributed by atoms with Crippen LogP contribution in [0.15, 0.2) is 18.2 Å². The molecule has 114 valence electrons. The van der Waals surface area contributed by atoms with Gasteiger partial charge in [-0.3, -0.25) is 4.79 Å². The molecule has 5 heteroatoms. The molecule has 21 heavy (non-hydrogen) atoms. The highest BCUT2D eigenvalue weighted by Crippen LogP contribution is 2.32. The van der Waals surface area contributed by atoms with Crippen molar-refractivity contribution in [2.75, 3.05) is 52.2 Å². The third kappa shape index (κ3) is 2.97. The van der Waals surface area contributed by atoms with Crippen LogP contribution >= 0.6 is 0 Å². The Morgan fingerprint density at radius 1 is 1.52 bits per heavy atom. The van der Waals surface area contributed by atoms with Gasteiger partial charge in [-0.2, -0.15) is 0 Å². The molecule has 1 amide bonds. The van der Waals surface area contributed by atoms with E-state index in [0.717, 1.165) is 31.9 Å². The van der Waals surface area contributed by atoms with Gasteiger partial charge in [0.1, 0.15) is 6.61 Å². The van der Waals surface area contributed by atoms with Crippen molar-refractivity contribution in [1.82, 2.24) is 9.80 Å². The summed E-state index contributed by atoms with van der Waals surface area (Å²) in [5.74, 6) is 1.32. The number of nitrogens with one attached hydrogen (secondary N) is 1. The molecule has 1 saturated heterocycles. The maximum atomic E-state index is 12.7. The SMILES string of the molecule is CN1CCC(CN(C)C(=O)c2cccc3c2OCCN3)C1. The highest BCUT2D eigenvalue weighted by Gasteiger charge is 2.25. The van der Waals surface area contributed by atoms with Gasteiger partial charge in [0, 0.05) is 26.7 Å². The van der Waals surface area contributed by atoms with E-state index >= 15 is 0 Å². The molecule has 5 nitrogen and oxygen atoms in total. The molecular formula is C16H23N3O2. The standard InChI is InChI=1S/C16H23N3O2/c1-18-8-6-12(10-18)11-19(2)16(20)13-4-3-5-14-15(13)21-9-7-17-14/h3-5,12,17H,6-11H2,1-2H3. The van der Waals surface area contributed by atoms with Crippen molar-refractivity contribution in [3.8, 4) is 5.75 Å². The summed E-state index contributed by atoms with van der Waals surface area (Å²) in [6.45, 7) is 4.40. The minimum Gasteiger partial charge on any atom is -0.489 e. The highest BCUT2D eigenvalue weighted by molar-refractivity contribution is 5.98. The molecule has 0 aliphatic carbocycles. The second-order valence-electron chi connectivity index (χ2n) is 6.06. The summed E-state index contributed by atoms with van der Waals surface area (Å²) in [7, 11) is 4.02. The van der Waals surface area contributed by atoms with E-state index in [1.165, 1.54) is 6.42 Å². The molecule has 0 saturated carbocycles. The number of fused-ring (bicyclic) bond motifs is 1. The normalized spacial score (nSPS) is 21.3. The zero-order chi connectivity index (χ0) is 14.8. The average molecular weight is 289 g/mol. The van der Waals surface area contributed by atoms with Crippen LogP contribution in [-0.2, 0) is 0 Å². The monoisotopic (exact) mass is 289 g/mol. The molecule has 1 unspecified atom stereocenters. The number of rotatable bonds is 3. The Morgan fingerprint density at radius 2 is 2.38 bits per heavy atom. The van der Waals surface area contributed by atoms with Gasteiger partial charge in [0.15, 0.2) is 5.75 Å². The van der Waals surface area contributed by atoms with Crippen molar-refractivity contribution in [3.63, 3.8) is 0 Å². The molecule has 1 atom stereocenters. The summed E-state index contributed by atoms with van der Waals surface area (Å²) in [4.78, 5) is 16.8. The van der Waals surface area contributed by atoms with Crippen LogP contribution in [0.1, 0.15) is 16.8 Å². The average Bonchev–Trinajstić information content (AvgIpc) is 2.91. The lowest BCUT2D eigenvalue weighted by atomic mass is 10.1. The van der Waals surface area contributed by atoms with E-state index in [2.05, 4.69) is 17.3 Å². The summed E-state index contributed by atoms with van der Waals surface area (Å²) >= 11 is 0. The Morgan fingerprint density at radius 3 is 3.14 bits per heavy atom. The van der Waals surface area contributed by atoms with Crippen molar-refractivity contribution in [2.24, 2.45) is 5.92 Å². The number of amides is 1. The number of carbonyl (C=O) groups excluding carboxylic acids is 1. The van der Waals surface area contributed by atoms with Crippen LogP contribution in [0.5, 0.6) is 5.75 Å². The van der Waals surface area contributed by atoms with Crippen molar-refractivity contribution in [1.29, 1.82) is 0 Å². The summed E-state index contributed by atoms with van der Waals surface area (Å²) in [6, 6.07) is 5.72. The molecule has 3 rings (SSSR count). The number of likely N-dealkylation sites (tertiary alicyclic amines) is 1. The summed E-state index contributed by atoms with van der Waals surface area (Å²) < 4.78 is 5.69. The first kappa shape index (κ1) is 14.2. The Kier molecular flexibility index (Phi) is 4.01. The van der Waals surface area contributed by atoms with Crippen molar-refractivity contribution in [2.45, 2.75) is 6.42 Å². The van der Waals surface area contributed by atoms with Gasteiger partial charge >= 0.3 is 0 Å². The zero-order valence-corrected chi connectivity index (χ0v) is 12.8. The van der Waals surface area contributed by atoms with Gasteiger partial charge in [0.2, 0.25) is 0 Å². The topological polar surface area (TPSA) is 44.8 Å². The van der Waals surface area contributed by atoms with E-state index in [0.29, 0.717) is 23.8 Å². The molecule has 0 bridgehead atoms. The van der Waals surface area contributed by atoms with E-state index in [1.54, 1.807) is 0 Å². The van der Waals surface area contributed by atoms with Gasteiger partial charge in [-0.25, -0.2) is 0 Å². The van der Waals surface area contributed by atoms with Crippen LogP contribution in [0, 0.1) is 5.92 Å². The second kappa shape index (κ2) is 5.93. The van der Waals surface area contributed by atoms with E-state index in [1.807, 2.05) is 30.1 Å². The second-order valence-corrected chi connectivity index (χ2v) is 6.06. The van der Waals surface area contributed by atoms with Crippen LogP contribution in [0.2, 0.25) is 0 Å². The molecule has 2 aliphatic rings. The smallest absolute Gasteiger partial charge is 0.257 e. The maximum absolute atomic E-state index is 12.7. The van der Waals surface area contributed by atoms with E-state index < -0.39 is 0 Å². The van der Waals surface area contributed by atoms with Gasteiger partial charge in [-0.15, -0.1) is 0 Å². The molecule has 1 fully saturated rings. The minimum absolute atomic E-state index is 0.0464. The van der Waals surface area contributed by atoms with Gasteiger partial charge in [-0.05, 0) is 38.1 Å². The number of hydrogen-bond acceptors (Lipinski definition) is 4. The lowest BCUT2D eigenvalue weighted by Gasteiger charge is -2.25. The van der Waals surface area contributed by atoms with Gasteiger partial charge in [-0.1, -0.05) is 6.07 Å². The van der Waals surface area contributed by atoms with Gasteiger partial charge in [0.05, 0.1) is 11.3 Å². The van der Waals surface area contributed by atoms with Crippen LogP contribution < -0.4 is 10.1 Å². The molecule has 2 aliphatic heterocycles. The van der Waals surface area contributed by atoms with Crippen LogP contribution in [0.25, 0.3) is 0 Å². The van der Waals surface area contributed by atoms with Crippen LogP contribution in [0.4, 0.5) is 5.69 Å². The Balaban J connectivity index is 1.72. The first-order valence-electron chi connectivity index (χ1n) is 7.59. The number of benzene rings is 1. The lowest BCUT2D eigenvalue weighted by Crippen LogP contribution is -2.33. The third-order valence-electron chi connectivity index (χ3n) is 4.28. The van der Waals surface area contributed by atoms with Crippen LogP contribution in [-0.4, -0.2) is 62.6 Å². The molecule has 1 aromatic rings. The van der Waals surface area contributed by atoms with E-state index in [-0.39, 0.29) is 5.91 Å². The number of hydrogen-bond donors (Lipinski definition) is 1. The zero-order valence-electron chi connectivity index (χ0n) is 12.8. The van der Waals surface area contributed by atoms with Crippen molar-refractivity contribution >= 4 is 11.6 Å². The summed E-state index contributed by atoms with van der Waals surface area (Å²) in [5, 5.41) is 3.27. The fraction of sp³-hybridized carbons (Fsp3) is 0.562. The summed E-state index contributed by atoms with van der Waals surface area (Å²) in [5.41, 5.74) is 1.58. The maximum Gasteiger partial charge on any atom is 0.257 e. The molecule has 1 N–H and O–H groups in total. The molecule has 0 radical (unpaired) electrons. The van der Waals surface area contributed by atoms with Crippen molar-refractivity contribution in [3.05, 3.63) is 23.8 Å². The molecule has 0 aromatic heterocycles. The predicted octanol–water partition coefficient (Wildman–Crippen LogP) is 1.51. The Bertz CT molecular complexity index is 532. The number of ether oxygens (including phenoxy) is 1. The first-order chi connectivity index (χ1) is 10.1. The van der Waals surface area contributed by atoms with Crippen molar-refractivity contribution < 1.29 is 9.53 Å². The lowest BCUT2D eigenvalue weighted by molar-refractivity contribution is 0.0769. The third-order valence-corrected chi connectivity index (χ3v) is 4.28. The quantitative estimate of drug-likeness (QED) is 0.916. The van der Waals surface area contributed by atoms with Crippen LogP contribution in [0.3, 0.4) is 0 Å². The van der Waals surface area contributed by atoms with E-state index in [4.69, 9.17) is 4.74 Å². The first-order valence-corrected chi connectivity index (χ1v) is 7.59. The fourth-order valence-electron chi connectivity index (χ4n) is 3.19. The minimum atomic E-state index is 0.0464. The fourth-order valence-corrected chi connectivity index (χ4v) is 3.19. The molecular weight excluding hydrogens is 266 g/mol. The van der Waals surface area contributed by atoms with Gasteiger partial charge in [0.25, 0.3) is 5.91 Å².